The van der Waals surface area contributed by atoms with E-state index in [-0.39, 0.29) is 6.10 Å². The van der Waals surface area contributed by atoms with Crippen molar-refractivity contribution in [1.82, 2.24) is 5.32 Å². The van der Waals surface area contributed by atoms with Gasteiger partial charge in [-0.25, -0.2) is 0 Å². The van der Waals surface area contributed by atoms with Crippen LogP contribution in [0.2, 0.25) is 0 Å². The van der Waals surface area contributed by atoms with E-state index in [4.69, 9.17) is 14.2 Å². The summed E-state index contributed by atoms with van der Waals surface area (Å²) in [6, 6.07) is 5.97. The quantitative estimate of drug-likeness (QED) is 0.669. The number of hydrogen-bond donors (Lipinski definition) is 1. The van der Waals surface area contributed by atoms with E-state index in [1.54, 1.807) is 14.2 Å². The van der Waals surface area contributed by atoms with Gasteiger partial charge in [-0.3, -0.25) is 0 Å². The van der Waals surface area contributed by atoms with Crippen molar-refractivity contribution in [1.29, 1.82) is 0 Å². The Hall–Kier alpha value is -1.26. The van der Waals surface area contributed by atoms with E-state index in [2.05, 4.69) is 25.2 Å². The Labute approximate surface area is 122 Å². The van der Waals surface area contributed by atoms with Gasteiger partial charge in [-0.1, -0.05) is 13.0 Å². The second-order valence-electron chi connectivity index (χ2n) is 4.86. The van der Waals surface area contributed by atoms with Gasteiger partial charge in [-0.15, -0.1) is 0 Å². The molecule has 0 aliphatic heterocycles. The summed E-state index contributed by atoms with van der Waals surface area (Å²) >= 11 is 0. The van der Waals surface area contributed by atoms with Crippen molar-refractivity contribution in [2.75, 3.05) is 27.4 Å². The van der Waals surface area contributed by atoms with Gasteiger partial charge in [0.25, 0.3) is 0 Å². The third-order valence-corrected chi connectivity index (χ3v) is 3.07. The second kappa shape index (κ2) is 9.61. The summed E-state index contributed by atoms with van der Waals surface area (Å²) in [5.41, 5.74) is 1.16. The van der Waals surface area contributed by atoms with Gasteiger partial charge >= 0.3 is 0 Å². The van der Waals surface area contributed by atoms with E-state index in [1.165, 1.54) is 0 Å². The maximum absolute atomic E-state index is 6.02. The van der Waals surface area contributed by atoms with E-state index < -0.39 is 0 Å². The van der Waals surface area contributed by atoms with Crippen LogP contribution in [0.3, 0.4) is 0 Å². The summed E-state index contributed by atoms with van der Waals surface area (Å²) < 4.78 is 16.4. The molecule has 0 aromatic heterocycles. The SMILES string of the molecule is CCCNCc1ccc(OC)cc1OC(C)CCOC. The Morgan fingerprint density at radius 3 is 2.70 bits per heavy atom. The maximum atomic E-state index is 6.02. The number of ether oxygens (including phenoxy) is 3. The molecule has 0 amide bonds. The first kappa shape index (κ1) is 16.8. The first-order valence-corrected chi connectivity index (χ1v) is 7.24. The van der Waals surface area contributed by atoms with Gasteiger partial charge in [0, 0.05) is 38.3 Å². The van der Waals surface area contributed by atoms with Gasteiger partial charge in [0.2, 0.25) is 0 Å². The average Bonchev–Trinajstić information content (AvgIpc) is 2.46. The number of nitrogens with one attached hydrogen (secondary N) is 1. The fraction of sp³-hybridized carbons (Fsp3) is 0.625. The molecule has 1 N–H and O–H groups in total. The highest BCUT2D eigenvalue weighted by Crippen LogP contribution is 2.26. The van der Waals surface area contributed by atoms with Crippen LogP contribution in [0.25, 0.3) is 0 Å². The van der Waals surface area contributed by atoms with Gasteiger partial charge < -0.3 is 19.5 Å². The highest BCUT2D eigenvalue weighted by atomic mass is 16.5. The molecule has 4 nitrogen and oxygen atoms in total. The molecule has 20 heavy (non-hydrogen) atoms. The first-order valence-electron chi connectivity index (χ1n) is 7.24. The molecule has 0 fully saturated rings. The van der Waals surface area contributed by atoms with E-state index in [9.17, 15) is 0 Å². The lowest BCUT2D eigenvalue weighted by Gasteiger charge is -2.18. The Morgan fingerprint density at radius 1 is 1.25 bits per heavy atom. The van der Waals surface area contributed by atoms with E-state index in [1.807, 2.05) is 12.1 Å². The normalized spacial score (nSPS) is 12.2. The van der Waals surface area contributed by atoms with Crippen molar-refractivity contribution in [3.63, 3.8) is 0 Å². The number of hydrogen-bond acceptors (Lipinski definition) is 4. The van der Waals surface area contributed by atoms with Crippen LogP contribution in [0.4, 0.5) is 0 Å². The molecule has 1 unspecified atom stereocenters. The molecule has 0 saturated heterocycles. The number of methoxy groups -OCH3 is 2. The fourth-order valence-corrected chi connectivity index (χ4v) is 1.88. The predicted octanol–water partition coefficient (Wildman–Crippen LogP) is 3.00. The summed E-state index contributed by atoms with van der Waals surface area (Å²) in [6.45, 7) is 6.73. The molecule has 1 aromatic carbocycles. The Bertz CT molecular complexity index is 382. The molecule has 0 bridgehead atoms. The molecule has 1 rings (SSSR count). The van der Waals surface area contributed by atoms with Crippen LogP contribution in [-0.2, 0) is 11.3 Å². The smallest absolute Gasteiger partial charge is 0.127 e. The zero-order valence-corrected chi connectivity index (χ0v) is 13.1. The molecule has 4 heteroatoms. The van der Waals surface area contributed by atoms with Crippen molar-refractivity contribution in [2.45, 2.75) is 39.3 Å². The summed E-state index contributed by atoms with van der Waals surface area (Å²) in [5.74, 6) is 1.70. The van der Waals surface area contributed by atoms with Crippen LogP contribution in [0.5, 0.6) is 11.5 Å². The fourth-order valence-electron chi connectivity index (χ4n) is 1.88. The molecule has 0 spiro atoms. The van der Waals surface area contributed by atoms with Gasteiger partial charge in [-0.05, 0) is 26.0 Å². The van der Waals surface area contributed by atoms with Gasteiger partial charge in [0.05, 0.1) is 13.2 Å². The minimum atomic E-state index is 0.118. The lowest BCUT2D eigenvalue weighted by Crippen LogP contribution is -2.18. The van der Waals surface area contributed by atoms with E-state index in [0.717, 1.165) is 43.0 Å². The van der Waals surface area contributed by atoms with Crippen LogP contribution >= 0.6 is 0 Å². The monoisotopic (exact) mass is 281 g/mol. The van der Waals surface area contributed by atoms with Gasteiger partial charge in [0.15, 0.2) is 0 Å². The minimum Gasteiger partial charge on any atom is -0.497 e. The van der Waals surface area contributed by atoms with Crippen molar-refractivity contribution in [3.05, 3.63) is 23.8 Å². The molecule has 0 radical (unpaired) electrons. The lowest BCUT2D eigenvalue weighted by molar-refractivity contribution is 0.134. The summed E-state index contributed by atoms with van der Waals surface area (Å²) in [4.78, 5) is 0. The first-order chi connectivity index (χ1) is 9.71. The molecular formula is C16H27NO3. The molecule has 0 saturated carbocycles. The molecular weight excluding hydrogens is 254 g/mol. The number of benzene rings is 1. The topological polar surface area (TPSA) is 39.7 Å². The van der Waals surface area contributed by atoms with Crippen LogP contribution in [0, 0.1) is 0 Å². The number of rotatable bonds is 10. The van der Waals surface area contributed by atoms with E-state index >= 15 is 0 Å². The van der Waals surface area contributed by atoms with Crippen LogP contribution < -0.4 is 14.8 Å². The molecule has 0 heterocycles. The van der Waals surface area contributed by atoms with Crippen molar-refractivity contribution >= 4 is 0 Å². The standard InChI is InChI=1S/C16H27NO3/c1-5-9-17-12-14-6-7-15(19-4)11-16(14)20-13(2)8-10-18-3/h6-7,11,13,17H,5,8-10,12H2,1-4H3. The van der Waals surface area contributed by atoms with Crippen molar-refractivity contribution < 1.29 is 14.2 Å². The molecule has 0 aliphatic carbocycles. The molecule has 1 atom stereocenters. The Balaban J connectivity index is 2.72. The highest BCUT2D eigenvalue weighted by Gasteiger charge is 2.10. The second-order valence-corrected chi connectivity index (χ2v) is 4.86. The summed E-state index contributed by atoms with van der Waals surface area (Å²) in [6.07, 6.45) is 2.11. The average molecular weight is 281 g/mol. The van der Waals surface area contributed by atoms with Crippen molar-refractivity contribution in [2.24, 2.45) is 0 Å². The largest absolute Gasteiger partial charge is 0.497 e. The molecule has 0 aliphatic rings. The van der Waals surface area contributed by atoms with Crippen LogP contribution in [-0.4, -0.2) is 33.5 Å². The lowest BCUT2D eigenvalue weighted by atomic mass is 10.1. The molecule has 1 aromatic rings. The Morgan fingerprint density at radius 2 is 2.05 bits per heavy atom. The van der Waals surface area contributed by atoms with Gasteiger partial charge in [-0.2, -0.15) is 0 Å². The summed E-state index contributed by atoms with van der Waals surface area (Å²) in [5, 5.41) is 3.40. The van der Waals surface area contributed by atoms with E-state index in [0.29, 0.717) is 6.61 Å². The van der Waals surface area contributed by atoms with Crippen molar-refractivity contribution in [3.8, 4) is 11.5 Å². The third-order valence-electron chi connectivity index (χ3n) is 3.07. The summed E-state index contributed by atoms with van der Waals surface area (Å²) in [7, 11) is 3.38. The predicted molar refractivity (Wildman–Crippen MR) is 81.6 cm³/mol. The zero-order valence-electron chi connectivity index (χ0n) is 13.1. The van der Waals surface area contributed by atoms with Gasteiger partial charge in [0.1, 0.15) is 11.5 Å². The minimum absolute atomic E-state index is 0.118. The Kier molecular flexibility index (Phi) is 8.07. The molecule has 114 valence electrons. The maximum Gasteiger partial charge on any atom is 0.127 e. The third kappa shape index (κ3) is 5.80. The van der Waals surface area contributed by atoms with Crippen LogP contribution in [0.1, 0.15) is 32.3 Å². The zero-order chi connectivity index (χ0) is 14.8. The highest BCUT2D eigenvalue weighted by molar-refractivity contribution is 5.40. The van der Waals surface area contributed by atoms with Crippen LogP contribution in [0.15, 0.2) is 18.2 Å².